The van der Waals surface area contributed by atoms with Gasteiger partial charge in [0, 0.05) is 17.4 Å². The van der Waals surface area contributed by atoms with E-state index < -0.39 is 23.3 Å². The lowest BCUT2D eigenvalue weighted by Gasteiger charge is -2.25. The number of benzene rings is 2. The Labute approximate surface area is 206 Å². The van der Waals surface area contributed by atoms with Crippen molar-refractivity contribution in [1.29, 1.82) is 0 Å². The van der Waals surface area contributed by atoms with Crippen molar-refractivity contribution in [2.45, 2.75) is 52.3 Å². The molecule has 0 saturated carbocycles. The zero-order valence-electron chi connectivity index (χ0n) is 20.3. The first-order valence-electron chi connectivity index (χ1n) is 11.0. The van der Waals surface area contributed by atoms with Gasteiger partial charge in [-0.25, -0.2) is 9.78 Å². The molecule has 0 aliphatic heterocycles. The van der Waals surface area contributed by atoms with Gasteiger partial charge in [0.05, 0.1) is 30.0 Å². The summed E-state index contributed by atoms with van der Waals surface area (Å²) < 4.78 is 54.9. The number of thiazole rings is 1. The highest BCUT2D eigenvalue weighted by molar-refractivity contribution is 7.09. The molecule has 0 bridgehead atoms. The van der Waals surface area contributed by atoms with E-state index in [1.807, 2.05) is 25.3 Å². The summed E-state index contributed by atoms with van der Waals surface area (Å²) >= 11 is 1.47. The highest BCUT2D eigenvalue weighted by Crippen LogP contribution is 2.33. The first-order chi connectivity index (χ1) is 16.4. The third kappa shape index (κ3) is 6.54. The number of hydrogen-bond donors (Lipinski definition) is 0. The second-order valence-corrected chi connectivity index (χ2v) is 9.51. The summed E-state index contributed by atoms with van der Waals surface area (Å²) in [5, 5.41) is 2.74. The Balaban J connectivity index is 1.55. The number of esters is 1. The first kappa shape index (κ1) is 26.5. The van der Waals surface area contributed by atoms with Crippen LogP contribution in [0.25, 0.3) is 11.3 Å². The number of carbonyl (C=O) groups is 1. The summed E-state index contributed by atoms with van der Waals surface area (Å²) in [7, 11) is 1.32. The second-order valence-electron chi connectivity index (χ2n) is 8.57. The smallest absolute Gasteiger partial charge is 0.416 e. The van der Waals surface area contributed by atoms with E-state index in [0.717, 1.165) is 40.4 Å². The Morgan fingerprint density at radius 1 is 1.00 bits per heavy atom. The zero-order chi connectivity index (χ0) is 25.8. The SMILES string of the molecule is COC(=O)C(C)(C)Oc1ccc(OCCCc2nc(-c3ccc(C(F)(F)F)cc3)cs2)c(C)c1C. The van der Waals surface area contributed by atoms with E-state index >= 15 is 0 Å². The van der Waals surface area contributed by atoms with Crippen molar-refractivity contribution in [2.75, 3.05) is 13.7 Å². The van der Waals surface area contributed by atoms with E-state index in [4.69, 9.17) is 14.2 Å². The fourth-order valence-electron chi connectivity index (χ4n) is 3.39. The molecular formula is C26H28F3NO4S. The molecule has 0 unspecified atom stereocenters. The molecule has 0 saturated heterocycles. The van der Waals surface area contributed by atoms with Crippen molar-refractivity contribution in [3.63, 3.8) is 0 Å². The molecule has 9 heteroatoms. The highest BCUT2D eigenvalue weighted by Gasteiger charge is 2.32. The quantitative estimate of drug-likeness (QED) is 0.236. The molecular weight excluding hydrogens is 479 g/mol. The Hall–Kier alpha value is -3.07. The molecule has 2 aromatic carbocycles. The van der Waals surface area contributed by atoms with Crippen molar-refractivity contribution in [1.82, 2.24) is 4.98 Å². The van der Waals surface area contributed by atoms with Crippen LogP contribution in [0.2, 0.25) is 0 Å². The maximum atomic E-state index is 12.7. The third-order valence-electron chi connectivity index (χ3n) is 5.58. The molecule has 188 valence electrons. The van der Waals surface area contributed by atoms with Gasteiger partial charge in [-0.2, -0.15) is 13.2 Å². The van der Waals surface area contributed by atoms with Gasteiger partial charge in [-0.1, -0.05) is 12.1 Å². The number of aryl methyl sites for hydroxylation is 1. The summed E-state index contributed by atoms with van der Waals surface area (Å²) in [5.41, 5.74) is 1.33. The van der Waals surface area contributed by atoms with E-state index in [1.165, 1.54) is 30.6 Å². The monoisotopic (exact) mass is 507 g/mol. The molecule has 1 heterocycles. The largest absolute Gasteiger partial charge is 0.493 e. The second kappa shape index (κ2) is 10.7. The van der Waals surface area contributed by atoms with E-state index in [9.17, 15) is 18.0 Å². The van der Waals surface area contributed by atoms with Gasteiger partial charge in [0.2, 0.25) is 0 Å². The molecule has 1 aromatic heterocycles. The van der Waals surface area contributed by atoms with Gasteiger partial charge in [-0.05, 0) is 69.5 Å². The number of aromatic nitrogens is 1. The minimum absolute atomic E-state index is 0.460. The summed E-state index contributed by atoms with van der Waals surface area (Å²) in [4.78, 5) is 16.4. The molecule has 0 spiro atoms. The molecule has 0 radical (unpaired) electrons. The van der Waals surface area contributed by atoms with Crippen molar-refractivity contribution in [2.24, 2.45) is 0 Å². The molecule has 3 rings (SSSR count). The van der Waals surface area contributed by atoms with Crippen molar-refractivity contribution in [3.05, 3.63) is 63.5 Å². The number of methoxy groups -OCH3 is 1. The lowest BCUT2D eigenvalue weighted by molar-refractivity contribution is -0.156. The fraction of sp³-hybridized carbons (Fsp3) is 0.385. The summed E-state index contributed by atoms with van der Waals surface area (Å²) in [6, 6.07) is 8.61. The van der Waals surface area contributed by atoms with Crippen LogP contribution in [-0.2, 0) is 22.1 Å². The topological polar surface area (TPSA) is 57.7 Å². The van der Waals surface area contributed by atoms with Gasteiger partial charge in [0.25, 0.3) is 0 Å². The van der Waals surface area contributed by atoms with Crippen LogP contribution in [0.1, 0.15) is 42.0 Å². The minimum Gasteiger partial charge on any atom is -0.493 e. The van der Waals surface area contributed by atoms with Crippen molar-refractivity contribution < 1.29 is 32.2 Å². The molecule has 0 fully saturated rings. The van der Waals surface area contributed by atoms with E-state index in [1.54, 1.807) is 19.9 Å². The van der Waals surface area contributed by atoms with Gasteiger partial charge in [-0.15, -0.1) is 11.3 Å². The molecule has 0 aliphatic carbocycles. The minimum atomic E-state index is -4.35. The van der Waals surface area contributed by atoms with Gasteiger partial charge in [0.1, 0.15) is 11.5 Å². The molecule has 0 N–H and O–H groups in total. The molecule has 3 aromatic rings. The Bertz CT molecular complexity index is 1170. The van der Waals surface area contributed by atoms with Crippen LogP contribution in [-0.4, -0.2) is 30.3 Å². The molecule has 0 atom stereocenters. The maximum absolute atomic E-state index is 12.7. The first-order valence-corrected chi connectivity index (χ1v) is 11.9. The van der Waals surface area contributed by atoms with Crippen molar-refractivity contribution in [3.8, 4) is 22.8 Å². The lowest BCUT2D eigenvalue weighted by atomic mass is 10.1. The van der Waals surface area contributed by atoms with Gasteiger partial charge in [0.15, 0.2) is 5.60 Å². The Kier molecular flexibility index (Phi) is 8.10. The molecule has 5 nitrogen and oxygen atoms in total. The Morgan fingerprint density at radius 2 is 1.63 bits per heavy atom. The third-order valence-corrected chi connectivity index (χ3v) is 6.49. The summed E-state index contributed by atoms with van der Waals surface area (Å²) in [6.45, 7) is 7.62. The van der Waals surface area contributed by atoms with E-state index in [0.29, 0.717) is 30.0 Å². The number of ether oxygens (including phenoxy) is 3. The zero-order valence-corrected chi connectivity index (χ0v) is 21.1. The van der Waals surface area contributed by atoms with Crippen molar-refractivity contribution >= 4 is 17.3 Å². The van der Waals surface area contributed by atoms with Gasteiger partial charge in [-0.3, -0.25) is 0 Å². The number of alkyl halides is 3. The standard InChI is InChI=1S/C26H28F3NO4S/c1-16-17(2)22(34-25(3,4)24(31)32-5)13-12-21(16)33-14-6-7-23-30-20(15-35-23)18-8-10-19(11-9-18)26(27,28)29/h8-13,15H,6-7,14H2,1-5H3. The average molecular weight is 508 g/mol. The fourth-order valence-corrected chi connectivity index (χ4v) is 4.24. The molecule has 0 aliphatic rings. The van der Waals surface area contributed by atoms with Gasteiger partial charge >= 0.3 is 12.1 Å². The van der Waals surface area contributed by atoms with Crippen LogP contribution >= 0.6 is 11.3 Å². The molecule has 0 amide bonds. The van der Waals surface area contributed by atoms with Crippen LogP contribution in [0, 0.1) is 13.8 Å². The summed E-state index contributed by atoms with van der Waals surface area (Å²) in [5.74, 6) is 0.859. The van der Waals surface area contributed by atoms with Crippen LogP contribution in [0.5, 0.6) is 11.5 Å². The van der Waals surface area contributed by atoms with Crippen LogP contribution in [0.3, 0.4) is 0 Å². The van der Waals surface area contributed by atoms with Crippen LogP contribution < -0.4 is 9.47 Å². The number of halogens is 3. The van der Waals surface area contributed by atoms with Crippen LogP contribution in [0.15, 0.2) is 41.8 Å². The summed E-state index contributed by atoms with van der Waals surface area (Å²) in [6.07, 6.45) is -2.93. The van der Waals surface area contributed by atoms with Crippen LogP contribution in [0.4, 0.5) is 13.2 Å². The lowest BCUT2D eigenvalue weighted by Crippen LogP contribution is -2.39. The number of nitrogens with zero attached hydrogens (tertiary/aromatic N) is 1. The maximum Gasteiger partial charge on any atom is 0.416 e. The average Bonchev–Trinajstić information content (AvgIpc) is 3.29. The normalized spacial score (nSPS) is 11.9. The number of rotatable bonds is 9. The van der Waals surface area contributed by atoms with E-state index in [2.05, 4.69) is 4.98 Å². The number of carbonyl (C=O) groups excluding carboxylic acids is 1. The molecule has 35 heavy (non-hydrogen) atoms. The highest BCUT2D eigenvalue weighted by atomic mass is 32.1. The van der Waals surface area contributed by atoms with Gasteiger partial charge < -0.3 is 14.2 Å². The Morgan fingerprint density at radius 3 is 2.26 bits per heavy atom. The predicted molar refractivity (Wildman–Crippen MR) is 129 cm³/mol. The predicted octanol–water partition coefficient (Wildman–Crippen LogP) is 6.79. The van der Waals surface area contributed by atoms with E-state index in [-0.39, 0.29) is 0 Å². The number of hydrogen-bond acceptors (Lipinski definition) is 6.